The van der Waals surface area contributed by atoms with Crippen LogP contribution in [-0.2, 0) is 14.3 Å². The Morgan fingerprint density at radius 3 is 2.44 bits per heavy atom. The average Bonchev–Trinajstić information content (AvgIpc) is 2.76. The van der Waals surface area contributed by atoms with Gasteiger partial charge in [-0.3, -0.25) is 4.79 Å². The lowest BCUT2D eigenvalue weighted by Gasteiger charge is -2.23. The molecule has 1 heterocycles. The van der Waals surface area contributed by atoms with Crippen LogP contribution in [0.1, 0.15) is 27.2 Å². The molecule has 0 saturated heterocycles. The van der Waals surface area contributed by atoms with Crippen LogP contribution in [0.4, 0.5) is 0 Å². The van der Waals surface area contributed by atoms with Gasteiger partial charge in [0, 0.05) is 43.6 Å². The molecule has 0 fully saturated rings. The van der Waals surface area contributed by atoms with Gasteiger partial charge in [-0.15, -0.1) is 0 Å². The molecule has 0 unspecified atom stereocenters. The van der Waals surface area contributed by atoms with Gasteiger partial charge in [0.15, 0.2) is 0 Å². The average molecular weight is 439 g/mol. The maximum Gasteiger partial charge on any atom is 0.331 e. The number of hydrogen-bond donors (Lipinski definition) is 2. The maximum absolute atomic E-state index is 12.3. The maximum atomic E-state index is 12.3. The summed E-state index contributed by atoms with van der Waals surface area (Å²) in [6.45, 7) is 9.95. The number of carboxylic acid groups (broad SMARTS) is 1. The van der Waals surface area contributed by atoms with Crippen molar-refractivity contribution in [2.45, 2.75) is 27.2 Å². The Kier molecular flexibility index (Phi) is 10.8. The van der Waals surface area contributed by atoms with Gasteiger partial charge in [0.25, 0.3) is 5.91 Å². The Bertz CT molecular complexity index is 954. The summed E-state index contributed by atoms with van der Waals surface area (Å²) < 4.78 is 5.79. The van der Waals surface area contributed by atoms with Gasteiger partial charge in [-0.05, 0) is 55.7 Å². The smallest absolute Gasteiger partial charge is 0.331 e. The minimum absolute atomic E-state index is 0.134. The van der Waals surface area contributed by atoms with E-state index >= 15 is 0 Å². The fraction of sp³-hybridized carbons (Fsp3) is 0.308. The normalized spacial score (nSPS) is 17.4. The number of allylic oxidation sites excluding steroid dienone is 8. The first kappa shape index (κ1) is 26.5. The van der Waals surface area contributed by atoms with Crippen molar-refractivity contribution in [3.05, 3.63) is 94.5 Å². The fourth-order valence-electron chi connectivity index (χ4n) is 2.58. The van der Waals surface area contributed by atoms with Gasteiger partial charge in [-0.25, -0.2) is 4.79 Å². The Morgan fingerprint density at radius 1 is 1.19 bits per heavy atom. The number of carboxylic acids is 1. The van der Waals surface area contributed by atoms with Crippen molar-refractivity contribution in [3.63, 3.8) is 0 Å². The number of amides is 1. The molecule has 0 saturated carbocycles. The number of likely N-dealkylation sites (N-methyl/N-ethyl adjacent to an activating group) is 1. The number of ether oxygens (including phenoxy) is 1. The van der Waals surface area contributed by atoms with Crippen LogP contribution < -0.4 is 5.32 Å². The van der Waals surface area contributed by atoms with Gasteiger partial charge in [-0.1, -0.05) is 37.8 Å². The predicted octanol–water partition coefficient (Wildman–Crippen LogP) is 4.44. The van der Waals surface area contributed by atoms with E-state index in [1.165, 1.54) is 26.1 Å². The molecule has 0 aromatic rings. The number of nitrogens with one attached hydrogen (secondary N) is 1. The summed E-state index contributed by atoms with van der Waals surface area (Å²) in [6, 6.07) is 0. The lowest BCUT2D eigenvalue weighted by molar-refractivity contribution is -0.132. The molecule has 1 amide bonds. The highest BCUT2D eigenvalue weighted by molar-refractivity contribution is 5.97. The Labute approximate surface area is 191 Å². The molecule has 0 aromatic carbocycles. The molecule has 0 radical (unpaired) electrons. The van der Waals surface area contributed by atoms with Gasteiger partial charge in [0.2, 0.25) is 0 Å². The highest BCUT2D eigenvalue weighted by Crippen LogP contribution is 2.31. The topological polar surface area (TPSA) is 78.9 Å². The molecule has 172 valence electrons. The van der Waals surface area contributed by atoms with Crippen LogP contribution in [0.15, 0.2) is 94.5 Å². The Balaban J connectivity index is 3.60. The zero-order valence-corrected chi connectivity index (χ0v) is 19.9. The largest absolute Gasteiger partial charge is 0.489 e. The summed E-state index contributed by atoms with van der Waals surface area (Å²) in [7, 11) is 5.47. The molecule has 1 aliphatic rings. The molecule has 2 N–H and O–H groups in total. The Hall–Kier alpha value is -3.54. The third-order valence-corrected chi connectivity index (χ3v) is 4.86. The fourth-order valence-corrected chi connectivity index (χ4v) is 2.58. The predicted molar refractivity (Wildman–Crippen MR) is 130 cm³/mol. The van der Waals surface area contributed by atoms with Gasteiger partial charge in [-0.2, -0.15) is 0 Å². The van der Waals surface area contributed by atoms with E-state index in [0.717, 1.165) is 28.8 Å². The second-order valence-corrected chi connectivity index (χ2v) is 7.43. The van der Waals surface area contributed by atoms with Gasteiger partial charge < -0.3 is 20.1 Å². The van der Waals surface area contributed by atoms with E-state index in [9.17, 15) is 9.59 Å². The summed E-state index contributed by atoms with van der Waals surface area (Å²) >= 11 is 0. The van der Waals surface area contributed by atoms with Crippen LogP contribution >= 0.6 is 0 Å². The van der Waals surface area contributed by atoms with E-state index in [1.54, 1.807) is 6.08 Å². The Morgan fingerprint density at radius 2 is 1.88 bits per heavy atom. The van der Waals surface area contributed by atoms with Gasteiger partial charge in [0.1, 0.15) is 12.4 Å². The number of carbonyl (C=O) groups excluding carboxylic acids is 1. The SMILES string of the molecule is C=C1OCC(/C=C\CC)=C(/C=C/C(=C\C=C(/C)C(=O)O)C(=O)NC)C/1=C/C=C(\C)N(C)C. The van der Waals surface area contributed by atoms with E-state index in [-0.39, 0.29) is 11.5 Å². The molecular formula is C26H34N2O4. The third-order valence-electron chi connectivity index (χ3n) is 4.86. The minimum Gasteiger partial charge on any atom is -0.489 e. The zero-order valence-electron chi connectivity index (χ0n) is 19.9. The van der Waals surface area contributed by atoms with Crippen LogP contribution in [-0.4, -0.2) is 49.6 Å². The number of aliphatic carboxylic acids is 1. The van der Waals surface area contributed by atoms with Crippen molar-refractivity contribution in [1.82, 2.24) is 10.2 Å². The van der Waals surface area contributed by atoms with E-state index in [0.29, 0.717) is 17.9 Å². The van der Waals surface area contributed by atoms with Crippen LogP contribution in [0.25, 0.3) is 0 Å². The summed E-state index contributed by atoms with van der Waals surface area (Å²) in [5.41, 5.74) is 4.20. The summed E-state index contributed by atoms with van der Waals surface area (Å²) in [6.07, 6.45) is 15.3. The highest BCUT2D eigenvalue weighted by atomic mass is 16.5. The molecular weight excluding hydrogens is 404 g/mol. The first-order chi connectivity index (χ1) is 15.1. The molecule has 32 heavy (non-hydrogen) atoms. The first-order valence-corrected chi connectivity index (χ1v) is 10.4. The van der Waals surface area contributed by atoms with Gasteiger partial charge >= 0.3 is 5.97 Å². The molecule has 0 atom stereocenters. The molecule has 0 spiro atoms. The van der Waals surface area contributed by atoms with Crippen molar-refractivity contribution in [3.8, 4) is 0 Å². The second kappa shape index (κ2) is 13.0. The quantitative estimate of drug-likeness (QED) is 0.411. The molecule has 6 nitrogen and oxygen atoms in total. The van der Waals surface area contributed by atoms with Crippen LogP contribution in [0.3, 0.4) is 0 Å². The van der Waals surface area contributed by atoms with Gasteiger partial charge in [0.05, 0.1) is 0 Å². The molecule has 0 bridgehead atoms. The third kappa shape index (κ3) is 7.95. The van der Waals surface area contributed by atoms with Crippen LogP contribution in [0.2, 0.25) is 0 Å². The lowest BCUT2D eigenvalue weighted by Crippen LogP contribution is -2.19. The summed E-state index contributed by atoms with van der Waals surface area (Å²) in [5, 5.41) is 11.7. The second-order valence-electron chi connectivity index (χ2n) is 7.43. The lowest BCUT2D eigenvalue weighted by atomic mass is 9.94. The molecule has 0 aromatic heterocycles. The monoisotopic (exact) mass is 438 g/mol. The van der Waals surface area contributed by atoms with Crippen LogP contribution in [0, 0.1) is 0 Å². The number of nitrogens with zero attached hydrogens (tertiary/aromatic N) is 1. The first-order valence-electron chi connectivity index (χ1n) is 10.4. The number of carbonyl (C=O) groups is 2. The minimum atomic E-state index is -1.04. The number of hydrogen-bond acceptors (Lipinski definition) is 4. The van der Waals surface area contributed by atoms with Crippen molar-refractivity contribution < 1.29 is 19.4 Å². The van der Waals surface area contributed by atoms with E-state index in [1.807, 2.05) is 56.3 Å². The summed E-state index contributed by atoms with van der Waals surface area (Å²) in [5.74, 6) is -0.805. The van der Waals surface area contributed by atoms with E-state index in [4.69, 9.17) is 9.84 Å². The molecule has 6 heteroatoms. The molecule has 1 aliphatic heterocycles. The van der Waals surface area contributed by atoms with Crippen molar-refractivity contribution in [2.75, 3.05) is 27.7 Å². The number of rotatable bonds is 9. The summed E-state index contributed by atoms with van der Waals surface area (Å²) in [4.78, 5) is 25.4. The van der Waals surface area contributed by atoms with Crippen molar-refractivity contribution >= 4 is 11.9 Å². The van der Waals surface area contributed by atoms with Crippen molar-refractivity contribution in [1.29, 1.82) is 0 Å². The molecule has 0 aliphatic carbocycles. The van der Waals surface area contributed by atoms with Crippen molar-refractivity contribution in [2.24, 2.45) is 0 Å². The standard InChI is InChI=1S/C26H34N2O4/c1-8-9-10-22-17-32-20(4)23(15-12-19(3)28(6)7)24(22)16-14-21(25(29)27-5)13-11-18(2)26(30)31/h9-16H,4,8,17H2,1-3,5-7H3,(H,27,29)(H,30,31)/b10-9-,16-14+,18-11+,19-12+,21-13+,23-15+. The highest BCUT2D eigenvalue weighted by Gasteiger charge is 2.18. The van der Waals surface area contributed by atoms with E-state index in [2.05, 4.69) is 18.8 Å². The molecule has 1 rings (SSSR count). The van der Waals surface area contributed by atoms with Crippen LogP contribution in [0.5, 0.6) is 0 Å². The van der Waals surface area contributed by atoms with E-state index < -0.39 is 5.97 Å². The zero-order chi connectivity index (χ0) is 24.3.